The molecule has 2 rings (SSSR count). The van der Waals surface area contributed by atoms with E-state index in [4.69, 9.17) is 11.6 Å². The molecular formula is C13H13ClN2OS. The number of aromatic nitrogens is 1. The highest BCUT2D eigenvalue weighted by Gasteiger charge is 2.03. The summed E-state index contributed by atoms with van der Waals surface area (Å²) in [6.07, 6.45) is 4.70. The molecule has 0 aromatic carbocycles. The molecular weight excluding hydrogens is 268 g/mol. The Morgan fingerprint density at radius 1 is 1.28 bits per heavy atom. The molecule has 2 aromatic heterocycles. The summed E-state index contributed by atoms with van der Waals surface area (Å²) < 4.78 is 0.746. The lowest BCUT2D eigenvalue weighted by Crippen LogP contribution is -2.22. The zero-order chi connectivity index (χ0) is 12.8. The van der Waals surface area contributed by atoms with Crippen molar-refractivity contribution in [1.82, 2.24) is 10.3 Å². The average molecular weight is 281 g/mol. The van der Waals surface area contributed by atoms with Crippen LogP contribution in [0.5, 0.6) is 0 Å². The molecule has 0 unspecified atom stereocenters. The summed E-state index contributed by atoms with van der Waals surface area (Å²) in [4.78, 5) is 16.6. The highest BCUT2D eigenvalue weighted by Crippen LogP contribution is 2.20. The number of aryl methyl sites for hydroxylation is 1. The molecule has 0 spiro atoms. The molecule has 0 aliphatic rings. The van der Waals surface area contributed by atoms with E-state index in [0.29, 0.717) is 13.0 Å². The second kappa shape index (κ2) is 6.52. The minimum atomic E-state index is 0.0522. The van der Waals surface area contributed by atoms with E-state index in [0.717, 1.165) is 21.2 Å². The number of thiophene rings is 1. The summed E-state index contributed by atoms with van der Waals surface area (Å²) >= 11 is 7.30. The van der Waals surface area contributed by atoms with Crippen molar-refractivity contribution in [2.24, 2.45) is 0 Å². The van der Waals surface area contributed by atoms with Crippen LogP contribution in [0, 0.1) is 0 Å². The topological polar surface area (TPSA) is 42.0 Å². The van der Waals surface area contributed by atoms with Gasteiger partial charge >= 0.3 is 0 Å². The number of carbonyl (C=O) groups is 1. The van der Waals surface area contributed by atoms with Crippen LogP contribution in [0.15, 0.2) is 36.7 Å². The van der Waals surface area contributed by atoms with Crippen molar-refractivity contribution in [1.29, 1.82) is 0 Å². The van der Waals surface area contributed by atoms with E-state index in [-0.39, 0.29) is 5.91 Å². The van der Waals surface area contributed by atoms with Gasteiger partial charge in [0.05, 0.1) is 10.9 Å². The Balaban J connectivity index is 1.73. The van der Waals surface area contributed by atoms with Crippen LogP contribution in [-0.2, 0) is 17.8 Å². The van der Waals surface area contributed by atoms with E-state index < -0.39 is 0 Å². The molecule has 0 bridgehead atoms. The van der Waals surface area contributed by atoms with Crippen molar-refractivity contribution < 1.29 is 4.79 Å². The van der Waals surface area contributed by atoms with E-state index >= 15 is 0 Å². The molecule has 18 heavy (non-hydrogen) atoms. The van der Waals surface area contributed by atoms with Gasteiger partial charge < -0.3 is 5.32 Å². The summed E-state index contributed by atoms with van der Waals surface area (Å²) in [5.74, 6) is 0.0522. The van der Waals surface area contributed by atoms with Gasteiger partial charge in [0, 0.05) is 23.7 Å². The van der Waals surface area contributed by atoms with E-state index in [1.807, 2.05) is 24.3 Å². The van der Waals surface area contributed by atoms with Crippen molar-refractivity contribution >= 4 is 28.8 Å². The van der Waals surface area contributed by atoms with Gasteiger partial charge in [-0.05, 0) is 36.2 Å². The smallest absolute Gasteiger partial charge is 0.220 e. The SMILES string of the molecule is O=C(CCc1ccncc1)NCc1ccc(Cl)s1. The Morgan fingerprint density at radius 3 is 2.72 bits per heavy atom. The standard InChI is InChI=1S/C13H13ClN2OS/c14-12-3-2-11(18-12)9-16-13(17)4-1-10-5-7-15-8-6-10/h2-3,5-8H,1,4,9H2,(H,16,17). The maximum absolute atomic E-state index is 11.6. The number of hydrogen-bond acceptors (Lipinski definition) is 3. The predicted octanol–water partition coefficient (Wildman–Crippen LogP) is 3.05. The molecule has 0 aliphatic heterocycles. The van der Waals surface area contributed by atoms with E-state index in [1.165, 1.54) is 11.3 Å². The number of rotatable bonds is 5. The molecule has 2 heterocycles. The first-order valence-electron chi connectivity index (χ1n) is 5.64. The Hall–Kier alpha value is -1.39. The molecule has 0 atom stereocenters. The first kappa shape index (κ1) is 13.1. The summed E-state index contributed by atoms with van der Waals surface area (Å²) in [5, 5.41) is 2.88. The fourth-order valence-corrected chi connectivity index (χ4v) is 2.56. The lowest BCUT2D eigenvalue weighted by atomic mass is 10.1. The minimum absolute atomic E-state index is 0.0522. The van der Waals surface area contributed by atoms with Crippen molar-refractivity contribution in [2.75, 3.05) is 0 Å². The van der Waals surface area contributed by atoms with Crippen LogP contribution < -0.4 is 5.32 Å². The van der Waals surface area contributed by atoms with Gasteiger partial charge in [-0.2, -0.15) is 0 Å². The summed E-state index contributed by atoms with van der Waals surface area (Å²) in [5.41, 5.74) is 1.12. The molecule has 5 heteroatoms. The molecule has 3 nitrogen and oxygen atoms in total. The Bertz CT molecular complexity index is 513. The monoisotopic (exact) mass is 280 g/mol. The summed E-state index contributed by atoms with van der Waals surface area (Å²) in [7, 11) is 0. The second-order valence-corrected chi connectivity index (χ2v) is 5.64. The normalized spacial score (nSPS) is 10.3. The zero-order valence-electron chi connectivity index (χ0n) is 9.73. The van der Waals surface area contributed by atoms with Gasteiger partial charge in [-0.25, -0.2) is 0 Å². The maximum atomic E-state index is 11.6. The second-order valence-electron chi connectivity index (χ2n) is 3.84. The molecule has 0 saturated heterocycles. The third-order valence-corrected chi connectivity index (χ3v) is 3.71. The fourth-order valence-electron chi connectivity index (χ4n) is 1.53. The summed E-state index contributed by atoms with van der Waals surface area (Å²) in [6.45, 7) is 0.548. The minimum Gasteiger partial charge on any atom is -0.351 e. The van der Waals surface area contributed by atoms with Crippen molar-refractivity contribution in [3.8, 4) is 0 Å². The molecule has 0 saturated carbocycles. The van der Waals surface area contributed by atoms with Gasteiger partial charge in [0.2, 0.25) is 5.91 Å². The lowest BCUT2D eigenvalue weighted by molar-refractivity contribution is -0.121. The van der Waals surface area contributed by atoms with Gasteiger partial charge in [0.1, 0.15) is 0 Å². The molecule has 1 amide bonds. The molecule has 94 valence electrons. The van der Waals surface area contributed by atoms with Gasteiger partial charge in [-0.3, -0.25) is 9.78 Å². The highest BCUT2D eigenvalue weighted by atomic mass is 35.5. The highest BCUT2D eigenvalue weighted by molar-refractivity contribution is 7.16. The number of nitrogens with zero attached hydrogens (tertiary/aromatic N) is 1. The van der Waals surface area contributed by atoms with Crippen molar-refractivity contribution in [2.45, 2.75) is 19.4 Å². The Kier molecular flexibility index (Phi) is 4.73. The molecule has 0 aliphatic carbocycles. The molecule has 0 radical (unpaired) electrons. The lowest BCUT2D eigenvalue weighted by Gasteiger charge is -2.03. The van der Waals surface area contributed by atoms with Gasteiger partial charge in [0.25, 0.3) is 0 Å². The van der Waals surface area contributed by atoms with Crippen LogP contribution in [0.2, 0.25) is 4.34 Å². The maximum Gasteiger partial charge on any atom is 0.220 e. The van der Waals surface area contributed by atoms with E-state index in [2.05, 4.69) is 10.3 Å². The number of halogens is 1. The third kappa shape index (κ3) is 4.13. The third-order valence-electron chi connectivity index (χ3n) is 2.48. The van der Waals surface area contributed by atoms with E-state index in [1.54, 1.807) is 12.4 Å². The van der Waals surface area contributed by atoms with Crippen LogP contribution in [0.1, 0.15) is 16.9 Å². The van der Waals surface area contributed by atoms with Crippen LogP contribution in [0.25, 0.3) is 0 Å². The van der Waals surface area contributed by atoms with Gasteiger partial charge in [-0.1, -0.05) is 11.6 Å². The van der Waals surface area contributed by atoms with Crippen LogP contribution in [0.4, 0.5) is 0 Å². The quantitative estimate of drug-likeness (QED) is 0.915. The Morgan fingerprint density at radius 2 is 2.06 bits per heavy atom. The molecule has 0 fully saturated rings. The van der Waals surface area contributed by atoms with Gasteiger partial charge in [-0.15, -0.1) is 11.3 Å². The number of nitrogens with one attached hydrogen (secondary N) is 1. The van der Waals surface area contributed by atoms with Crippen LogP contribution >= 0.6 is 22.9 Å². The fraction of sp³-hybridized carbons (Fsp3) is 0.231. The number of pyridine rings is 1. The number of carbonyl (C=O) groups excluding carboxylic acids is 1. The summed E-state index contributed by atoms with van der Waals surface area (Å²) in [6, 6.07) is 7.61. The predicted molar refractivity (Wildman–Crippen MR) is 73.7 cm³/mol. The van der Waals surface area contributed by atoms with Crippen molar-refractivity contribution in [3.63, 3.8) is 0 Å². The average Bonchev–Trinajstić information content (AvgIpc) is 2.81. The molecule has 2 aromatic rings. The first-order chi connectivity index (χ1) is 8.74. The number of amides is 1. The Labute approximate surface area is 115 Å². The van der Waals surface area contributed by atoms with Crippen molar-refractivity contribution in [3.05, 3.63) is 51.4 Å². The number of hydrogen-bond donors (Lipinski definition) is 1. The van der Waals surface area contributed by atoms with Gasteiger partial charge in [0.15, 0.2) is 0 Å². The first-order valence-corrected chi connectivity index (χ1v) is 6.83. The largest absolute Gasteiger partial charge is 0.351 e. The van der Waals surface area contributed by atoms with E-state index in [9.17, 15) is 4.79 Å². The zero-order valence-corrected chi connectivity index (χ0v) is 11.3. The molecule has 1 N–H and O–H groups in total. The van der Waals surface area contributed by atoms with Crippen LogP contribution in [-0.4, -0.2) is 10.9 Å². The van der Waals surface area contributed by atoms with Crippen LogP contribution in [0.3, 0.4) is 0 Å².